The standard InChI is InChI=1S/C19H18ClN5O/c20-8-10-23-15-4-2-1-3-14(15)22-18(23)12-24-17-11-21-9-7-16(17)25(19(24)26)13-5-6-13/h1-4,7,9,11,13H,5-6,8,10,12H2. The van der Waals surface area contributed by atoms with Crippen LogP contribution in [0.5, 0.6) is 0 Å². The summed E-state index contributed by atoms with van der Waals surface area (Å²) in [4.78, 5) is 22.1. The van der Waals surface area contributed by atoms with Crippen molar-refractivity contribution >= 4 is 33.7 Å². The van der Waals surface area contributed by atoms with Crippen molar-refractivity contribution in [1.29, 1.82) is 0 Å². The van der Waals surface area contributed by atoms with Crippen LogP contribution in [0.3, 0.4) is 0 Å². The van der Waals surface area contributed by atoms with Crippen LogP contribution in [-0.2, 0) is 13.1 Å². The lowest BCUT2D eigenvalue weighted by Crippen LogP contribution is -2.25. The molecule has 1 aromatic carbocycles. The molecule has 0 N–H and O–H groups in total. The van der Waals surface area contributed by atoms with Crippen molar-refractivity contribution in [1.82, 2.24) is 23.7 Å². The number of pyridine rings is 1. The SMILES string of the molecule is O=c1n(Cc2nc3ccccc3n2CCCl)c2cnccc2n1C1CC1. The Morgan fingerprint density at radius 1 is 1.08 bits per heavy atom. The van der Waals surface area contributed by atoms with Gasteiger partial charge in [-0.2, -0.15) is 0 Å². The fourth-order valence-corrected chi connectivity index (χ4v) is 3.86. The van der Waals surface area contributed by atoms with Crippen LogP contribution < -0.4 is 5.69 Å². The fourth-order valence-electron chi connectivity index (χ4n) is 3.69. The summed E-state index contributed by atoms with van der Waals surface area (Å²) in [6.45, 7) is 1.07. The van der Waals surface area contributed by atoms with E-state index >= 15 is 0 Å². The second-order valence-electron chi connectivity index (χ2n) is 6.69. The topological polar surface area (TPSA) is 57.6 Å². The minimum Gasteiger partial charge on any atom is -0.325 e. The van der Waals surface area contributed by atoms with E-state index in [1.807, 2.05) is 34.9 Å². The van der Waals surface area contributed by atoms with Gasteiger partial charge in [-0.3, -0.25) is 14.1 Å². The summed E-state index contributed by atoms with van der Waals surface area (Å²) in [6, 6.07) is 10.2. The van der Waals surface area contributed by atoms with Crippen LogP contribution in [0.25, 0.3) is 22.1 Å². The maximum atomic E-state index is 13.1. The zero-order valence-electron chi connectivity index (χ0n) is 14.2. The number of aromatic nitrogens is 5. The molecule has 0 amide bonds. The Kier molecular flexibility index (Phi) is 3.60. The molecule has 4 aromatic rings. The summed E-state index contributed by atoms with van der Waals surface area (Å²) >= 11 is 6.02. The number of para-hydroxylation sites is 2. The second-order valence-corrected chi connectivity index (χ2v) is 7.07. The quantitative estimate of drug-likeness (QED) is 0.509. The number of aryl methyl sites for hydroxylation is 1. The molecule has 1 saturated carbocycles. The third-order valence-electron chi connectivity index (χ3n) is 5.02. The van der Waals surface area contributed by atoms with Gasteiger partial charge in [0.1, 0.15) is 5.82 Å². The summed E-state index contributed by atoms with van der Waals surface area (Å²) in [5.74, 6) is 1.33. The number of fused-ring (bicyclic) bond motifs is 2. The summed E-state index contributed by atoms with van der Waals surface area (Å²) in [5, 5.41) is 0. The zero-order valence-corrected chi connectivity index (χ0v) is 14.9. The summed E-state index contributed by atoms with van der Waals surface area (Å²) in [7, 11) is 0. The molecule has 0 atom stereocenters. The molecule has 3 aromatic heterocycles. The first kappa shape index (κ1) is 15.6. The lowest BCUT2D eigenvalue weighted by molar-refractivity contribution is 0.630. The number of hydrogen-bond acceptors (Lipinski definition) is 3. The number of imidazole rings is 2. The smallest absolute Gasteiger partial charge is 0.325 e. The van der Waals surface area contributed by atoms with E-state index in [4.69, 9.17) is 16.6 Å². The van der Waals surface area contributed by atoms with E-state index in [2.05, 4.69) is 9.55 Å². The first-order valence-electron chi connectivity index (χ1n) is 8.83. The van der Waals surface area contributed by atoms with Gasteiger partial charge >= 0.3 is 5.69 Å². The van der Waals surface area contributed by atoms with Crippen LogP contribution in [0, 0.1) is 0 Å². The molecule has 6 nitrogen and oxygen atoms in total. The van der Waals surface area contributed by atoms with Crippen LogP contribution in [0.15, 0.2) is 47.5 Å². The normalized spacial score (nSPS) is 14.5. The Labute approximate surface area is 154 Å². The van der Waals surface area contributed by atoms with E-state index in [0.717, 1.165) is 40.7 Å². The second kappa shape index (κ2) is 5.99. The lowest BCUT2D eigenvalue weighted by Gasteiger charge is -2.08. The highest BCUT2D eigenvalue weighted by Crippen LogP contribution is 2.36. The number of hydrogen-bond donors (Lipinski definition) is 0. The van der Waals surface area contributed by atoms with Crippen molar-refractivity contribution in [2.24, 2.45) is 0 Å². The van der Waals surface area contributed by atoms with Crippen molar-refractivity contribution in [3.05, 3.63) is 59.0 Å². The van der Waals surface area contributed by atoms with Crippen LogP contribution in [0.2, 0.25) is 0 Å². The molecule has 1 aliphatic carbocycles. The van der Waals surface area contributed by atoms with Gasteiger partial charge in [0.2, 0.25) is 0 Å². The third kappa shape index (κ3) is 2.36. The number of nitrogens with zero attached hydrogens (tertiary/aromatic N) is 5. The van der Waals surface area contributed by atoms with Gasteiger partial charge in [-0.15, -0.1) is 11.6 Å². The average molecular weight is 368 g/mol. The highest BCUT2D eigenvalue weighted by molar-refractivity contribution is 6.17. The van der Waals surface area contributed by atoms with E-state index in [9.17, 15) is 4.79 Å². The van der Waals surface area contributed by atoms with E-state index in [1.165, 1.54) is 0 Å². The van der Waals surface area contributed by atoms with Gasteiger partial charge in [0, 0.05) is 24.7 Å². The molecule has 5 rings (SSSR count). The van der Waals surface area contributed by atoms with Crippen molar-refractivity contribution in [3.8, 4) is 0 Å². The Bertz CT molecular complexity index is 1170. The zero-order chi connectivity index (χ0) is 17.7. The van der Waals surface area contributed by atoms with Gasteiger partial charge in [0.05, 0.1) is 34.8 Å². The molecule has 0 unspecified atom stereocenters. The maximum Gasteiger partial charge on any atom is 0.329 e. The monoisotopic (exact) mass is 367 g/mol. The van der Waals surface area contributed by atoms with Gasteiger partial charge < -0.3 is 4.57 Å². The van der Waals surface area contributed by atoms with Gasteiger partial charge in [-0.25, -0.2) is 9.78 Å². The van der Waals surface area contributed by atoms with Crippen LogP contribution in [-0.4, -0.2) is 29.5 Å². The minimum atomic E-state index is 0.0139. The highest BCUT2D eigenvalue weighted by Gasteiger charge is 2.29. The molecule has 0 bridgehead atoms. The molecule has 1 aliphatic rings. The number of halogens is 1. The van der Waals surface area contributed by atoms with Crippen molar-refractivity contribution < 1.29 is 0 Å². The third-order valence-corrected chi connectivity index (χ3v) is 5.19. The Morgan fingerprint density at radius 3 is 2.73 bits per heavy atom. The molecule has 0 aliphatic heterocycles. The van der Waals surface area contributed by atoms with Crippen molar-refractivity contribution in [2.45, 2.75) is 32.0 Å². The van der Waals surface area contributed by atoms with Crippen LogP contribution in [0.1, 0.15) is 24.7 Å². The largest absolute Gasteiger partial charge is 0.329 e. The van der Waals surface area contributed by atoms with E-state index < -0.39 is 0 Å². The Hall–Kier alpha value is -2.60. The predicted molar refractivity (Wildman–Crippen MR) is 102 cm³/mol. The Morgan fingerprint density at radius 2 is 1.92 bits per heavy atom. The van der Waals surface area contributed by atoms with Crippen LogP contribution >= 0.6 is 11.6 Å². The van der Waals surface area contributed by atoms with Crippen molar-refractivity contribution in [2.75, 3.05) is 5.88 Å². The van der Waals surface area contributed by atoms with Crippen molar-refractivity contribution in [3.63, 3.8) is 0 Å². The molecule has 132 valence electrons. The Balaban J connectivity index is 1.69. The molecule has 7 heteroatoms. The summed E-state index contributed by atoms with van der Waals surface area (Å²) in [5.41, 5.74) is 3.78. The average Bonchev–Trinajstić information content (AvgIpc) is 3.38. The molecule has 0 radical (unpaired) electrons. The van der Waals surface area contributed by atoms with Gasteiger partial charge in [-0.05, 0) is 31.0 Å². The molecule has 0 saturated heterocycles. The molecule has 1 fully saturated rings. The first-order chi connectivity index (χ1) is 12.8. The summed E-state index contributed by atoms with van der Waals surface area (Å²) in [6.07, 6.45) is 5.64. The van der Waals surface area contributed by atoms with Crippen LogP contribution in [0.4, 0.5) is 0 Å². The highest BCUT2D eigenvalue weighted by atomic mass is 35.5. The fraction of sp³-hybridized carbons (Fsp3) is 0.316. The lowest BCUT2D eigenvalue weighted by atomic mass is 10.3. The summed E-state index contributed by atoms with van der Waals surface area (Å²) < 4.78 is 5.80. The molecular weight excluding hydrogens is 350 g/mol. The van der Waals surface area contributed by atoms with Gasteiger partial charge in [-0.1, -0.05) is 12.1 Å². The van der Waals surface area contributed by atoms with Gasteiger partial charge in [0.15, 0.2) is 0 Å². The predicted octanol–water partition coefficient (Wildman–Crippen LogP) is 3.17. The maximum absolute atomic E-state index is 13.1. The van der Waals surface area contributed by atoms with Gasteiger partial charge in [0.25, 0.3) is 0 Å². The van der Waals surface area contributed by atoms with E-state index in [0.29, 0.717) is 25.0 Å². The number of alkyl halides is 1. The first-order valence-corrected chi connectivity index (χ1v) is 9.36. The van der Waals surface area contributed by atoms with E-state index in [1.54, 1.807) is 17.0 Å². The number of benzene rings is 1. The molecule has 26 heavy (non-hydrogen) atoms. The van der Waals surface area contributed by atoms with E-state index in [-0.39, 0.29) is 5.69 Å². The molecular formula is C19H18ClN5O. The number of rotatable bonds is 5. The molecule has 3 heterocycles. The molecule has 0 spiro atoms. The minimum absolute atomic E-state index is 0.0139.